The molecule has 3 aromatic carbocycles. The number of piperidine rings is 1. The molecule has 3 aromatic rings. The second kappa shape index (κ2) is 12.4. The molecule has 0 unspecified atom stereocenters. The Balaban J connectivity index is 1.65. The van der Waals surface area contributed by atoms with Crippen molar-refractivity contribution in [1.29, 1.82) is 0 Å². The third-order valence-corrected chi connectivity index (χ3v) is 10.8. The first-order chi connectivity index (χ1) is 18.9. The summed E-state index contributed by atoms with van der Waals surface area (Å²) in [6.07, 6.45) is 0.390. The SMILES string of the molecule is CCOc1ccc([C@@H]2C[C@@H](SCc3ccc(C(C)(C)C)cc3)[C@H](C(=O)O)CN2S(=O)(=O)c2ccc(C)cc2)cc1. The highest BCUT2D eigenvalue weighted by molar-refractivity contribution is 7.99. The first-order valence-electron chi connectivity index (χ1n) is 13.6. The molecule has 0 radical (unpaired) electrons. The van der Waals surface area contributed by atoms with Crippen molar-refractivity contribution in [1.82, 2.24) is 4.31 Å². The second-order valence-electron chi connectivity index (χ2n) is 11.4. The van der Waals surface area contributed by atoms with Crippen LogP contribution < -0.4 is 4.74 Å². The maximum atomic E-state index is 13.9. The molecular weight excluding hydrogens is 542 g/mol. The molecule has 0 aromatic heterocycles. The molecule has 40 heavy (non-hydrogen) atoms. The molecule has 1 heterocycles. The fraction of sp³-hybridized carbons (Fsp3) is 0.406. The van der Waals surface area contributed by atoms with Crippen LogP contribution in [0.5, 0.6) is 5.75 Å². The number of carboxylic acid groups (broad SMARTS) is 1. The normalized spacial score (nSPS) is 20.3. The van der Waals surface area contributed by atoms with Gasteiger partial charge in [0.25, 0.3) is 0 Å². The molecule has 4 rings (SSSR count). The van der Waals surface area contributed by atoms with Crippen molar-refractivity contribution in [3.05, 3.63) is 95.1 Å². The number of carboxylic acids is 1. The highest BCUT2D eigenvalue weighted by Gasteiger charge is 2.45. The van der Waals surface area contributed by atoms with E-state index in [1.807, 2.05) is 38.1 Å². The van der Waals surface area contributed by atoms with Crippen LogP contribution in [0.3, 0.4) is 0 Å². The summed E-state index contributed by atoms with van der Waals surface area (Å²) in [5.74, 6) is -0.449. The van der Waals surface area contributed by atoms with E-state index in [-0.39, 0.29) is 22.1 Å². The number of nitrogens with zero attached hydrogens (tertiary/aromatic N) is 1. The van der Waals surface area contributed by atoms with E-state index in [1.54, 1.807) is 36.0 Å². The third kappa shape index (κ3) is 6.90. The molecule has 3 atom stereocenters. The van der Waals surface area contributed by atoms with Crippen molar-refractivity contribution in [2.45, 2.75) is 68.4 Å². The maximum absolute atomic E-state index is 13.9. The van der Waals surface area contributed by atoms with Crippen LogP contribution in [0.1, 0.15) is 62.4 Å². The highest BCUT2D eigenvalue weighted by atomic mass is 32.2. The van der Waals surface area contributed by atoms with Crippen LogP contribution in [0, 0.1) is 12.8 Å². The van der Waals surface area contributed by atoms with Gasteiger partial charge < -0.3 is 9.84 Å². The zero-order chi connectivity index (χ0) is 29.1. The second-order valence-corrected chi connectivity index (χ2v) is 14.5. The average Bonchev–Trinajstić information content (AvgIpc) is 2.92. The van der Waals surface area contributed by atoms with Gasteiger partial charge in [-0.05, 0) is 66.6 Å². The fourth-order valence-corrected chi connectivity index (χ4v) is 8.04. The fourth-order valence-electron chi connectivity index (χ4n) is 5.03. The van der Waals surface area contributed by atoms with Crippen LogP contribution >= 0.6 is 11.8 Å². The van der Waals surface area contributed by atoms with E-state index in [0.29, 0.717) is 24.5 Å². The van der Waals surface area contributed by atoms with Gasteiger partial charge in [0.05, 0.1) is 23.5 Å². The summed E-state index contributed by atoms with van der Waals surface area (Å²) in [4.78, 5) is 12.7. The minimum atomic E-state index is -3.94. The maximum Gasteiger partial charge on any atom is 0.308 e. The number of rotatable bonds is 9. The van der Waals surface area contributed by atoms with Crippen molar-refractivity contribution in [2.75, 3.05) is 13.2 Å². The summed E-state index contributed by atoms with van der Waals surface area (Å²) in [6, 6.07) is 22.1. The van der Waals surface area contributed by atoms with Crippen molar-refractivity contribution in [2.24, 2.45) is 5.92 Å². The van der Waals surface area contributed by atoms with Gasteiger partial charge in [0.15, 0.2) is 0 Å². The Morgan fingerprint density at radius 2 is 1.62 bits per heavy atom. The molecule has 8 heteroatoms. The van der Waals surface area contributed by atoms with Gasteiger partial charge >= 0.3 is 5.97 Å². The molecule has 0 aliphatic carbocycles. The Morgan fingerprint density at radius 3 is 2.17 bits per heavy atom. The minimum absolute atomic E-state index is 0.0563. The quantitative estimate of drug-likeness (QED) is 0.298. The van der Waals surface area contributed by atoms with Crippen LogP contribution in [-0.2, 0) is 26.0 Å². The lowest BCUT2D eigenvalue weighted by molar-refractivity contribution is -0.143. The predicted octanol–water partition coefficient (Wildman–Crippen LogP) is 6.83. The lowest BCUT2D eigenvalue weighted by atomic mass is 9.87. The summed E-state index contributed by atoms with van der Waals surface area (Å²) in [5, 5.41) is 9.96. The van der Waals surface area contributed by atoms with E-state index in [0.717, 1.165) is 16.7 Å². The Bertz CT molecular complexity index is 1400. The number of thioether (sulfide) groups is 1. The van der Waals surface area contributed by atoms with E-state index in [2.05, 4.69) is 45.0 Å². The van der Waals surface area contributed by atoms with Gasteiger partial charge in [-0.3, -0.25) is 4.79 Å². The van der Waals surface area contributed by atoms with Gasteiger partial charge in [0.1, 0.15) is 5.75 Å². The highest BCUT2D eigenvalue weighted by Crippen LogP contribution is 2.43. The van der Waals surface area contributed by atoms with Gasteiger partial charge in [-0.25, -0.2) is 8.42 Å². The van der Waals surface area contributed by atoms with Crippen molar-refractivity contribution >= 4 is 27.8 Å². The molecule has 0 amide bonds. The summed E-state index contributed by atoms with van der Waals surface area (Å²) >= 11 is 1.59. The molecule has 1 N–H and O–H groups in total. The smallest absolute Gasteiger partial charge is 0.308 e. The van der Waals surface area contributed by atoms with Crippen molar-refractivity contribution in [3.8, 4) is 5.75 Å². The van der Waals surface area contributed by atoms with Gasteiger partial charge in [0, 0.05) is 17.5 Å². The average molecular weight is 582 g/mol. The molecule has 1 aliphatic heterocycles. The standard InChI is InChI=1S/C32H39NO5S2/c1-6-38-26-15-11-24(12-16-26)29-19-30(39-21-23-9-13-25(14-10-23)32(3,4)5)28(31(34)35)20-33(29)40(36,37)27-17-7-22(2)8-18-27/h7-18,28-30H,6,19-21H2,1-5H3,(H,34,35)/t28-,29+,30-/m1/s1. The molecule has 1 aliphatic rings. The van der Waals surface area contributed by atoms with Crippen LogP contribution in [0.15, 0.2) is 77.7 Å². The lowest BCUT2D eigenvalue weighted by Crippen LogP contribution is -2.49. The Hall–Kier alpha value is -2.81. The van der Waals surface area contributed by atoms with Gasteiger partial charge in [0.2, 0.25) is 10.0 Å². The number of hydrogen-bond acceptors (Lipinski definition) is 5. The van der Waals surface area contributed by atoms with Crippen molar-refractivity contribution in [3.63, 3.8) is 0 Å². The third-order valence-electron chi connectivity index (χ3n) is 7.43. The van der Waals surface area contributed by atoms with Gasteiger partial charge in [-0.15, -0.1) is 0 Å². The Morgan fingerprint density at radius 1 is 1.00 bits per heavy atom. The zero-order valence-electron chi connectivity index (χ0n) is 23.8. The van der Waals surface area contributed by atoms with Crippen LogP contribution in [0.4, 0.5) is 0 Å². The number of carbonyl (C=O) groups is 1. The first kappa shape index (κ1) is 30.2. The monoisotopic (exact) mass is 581 g/mol. The number of aryl methyl sites for hydroxylation is 1. The molecule has 1 fully saturated rings. The van der Waals surface area contributed by atoms with Crippen molar-refractivity contribution < 1.29 is 23.1 Å². The predicted molar refractivity (Wildman–Crippen MR) is 161 cm³/mol. The lowest BCUT2D eigenvalue weighted by Gasteiger charge is -2.42. The zero-order valence-corrected chi connectivity index (χ0v) is 25.5. The Labute approximate surface area is 242 Å². The minimum Gasteiger partial charge on any atom is -0.494 e. The number of aliphatic carboxylic acids is 1. The molecule has 214 valence electrons. The topological polar surface area (TPSA) is 83.9 Å². The summed E-state index contributed by atoms with van der Waals surface area (Å²) in [6.45, 7) is 10.8. The van der Waals surface area contributed by atoms with E-state index < -0.39 is 28.0 Å². The molecule has 0 saturated carbocycles. The first-order valence-corrected chi connectivity index (χ1v) is 16.1. The van der Waals surface area contributed by atoms with Crippen LogP contribution in [0.25, 0.3) is 0 Å². The number of ether oxygens (including phenoxy) is 1. The summed E-state index contributed by atoms with van der Waals surface area (Å²) in [7, 11) is -3.94. The number of benzene rings is 3. The Kier molecular flexibility index (Phi) is 9.33. The van der Waals surface area contributed by atoms with E-state index in [9.17, 15) is 18.3 Å². The van der Waals surface area contributed by atoms with E-state index in [4.69, 9.17) is 4.74 Å². The molecule has 0 bridgehead atoms. The van der Waals surface area contributed by atoms with E-state index in [1.165, 1.54) is 9.87 Å². The van der Waals surface area contributed by atoms with Crippen LogP contribution in [0.2, 0.25) is 0 Å². The summed E-state index contributed by atoms with van der Waals surface area (Å²) in [5.41, 5.74) is 4.20. The van der Waals surface area contributed by atoms with Gasteiger partial charge in [-0.1, -0.05) is 74.9 Å². The molecule has 0 spiro atoms. The largest absolute Gasteiger partial charge is 0.494 e. The van der Waals surface area contributed by atoms with Crippen LogP contribution in [-0.4, -0.2) is 42.2 Å². The molecule has 6 nitrogen and oxygen atoms in total. The number of sulfonamides is 1. The number of hydrogen-bond donors (Lipinski definition) is 1. The molecular formula is C32H39NO5S2. The molecule has 1 saturated heterocycles. The van der Waals surface area contributed by atoms with E-state index >= 15 is 0 Å². The van der Waals surface area contributed by atoms with Gasteiger partial charge in [-0.2, -0.15) is 16.1 Å². The summed E-state index contributed by atoms with van der Waals surface area (Å²) < 4.78 is 34.8.